The van der Waals surface area contributed by atoms with Crippen LogP contribution in [-0.4, -0.2) is 43.6 Å². The Labute approximate surface area is 120 Å². The molecule has 1 fully saturated rings. The summed E-state index contributed by atoms with van der Waals surface area (Å²) in [6.45, 7) is 3.16. The Bertz CT molecular complexity index is 528. The molecule has 0 spiro atoms. The number of nitrogens with zero attached hydrogens (tertiary/aromatic N) is 1. The Morgan fingerprint density at radius 3 is 2.60 bits per heavy atom. The molecule has 1 aliphatic rings. The summed E-state index contributed by atoms with van der Waals surface area (Å²) in [5.74, 6) is 0. The van der Waals surface area contributed by atoms with Gasteiger partial charge in [-0.05, 0) is 44.0 Å². The van der Waals surface area contributed by atoms with E-state index in [0.29, 0.717) is 11.4 Å². The maximum Gasteiger partial charge on any atom is 0.243 e. The van der Waals surface area contributed by atoms with Crippen LogP contribution in [0.3, 0.4) is 0 Å². The lowest BCUT2D eigenvalue weighted by Gasteiger charge is -2.33. The highest BCUT2D eigenvalue weighted by atomic mass is 32.2. The van der Waals surface area contributed by atoms with Crippen LogP contribution in [0.1, 0.15) is 26.2 Å². The predicted octanol–water partition coefficient (Wildman–Crippen LogP) is 1.65. The molecular weight excluding hydrogens is 276 g/mol. The van der Waals surface area contributed by atoms with Crippen LogP contribution in [-0.2, 0) is 10.0 Å². The van der Waals surface area contributed by atoms with Crippen molar-refractivity contribution in [2.24, 2.45) is 0 Å². The minimum absolute atomic E-state index is 0.116. The molecule has 5 nitrogen and oxygen atoms in total. The third kappa shape index (κ3) is 3.13. The number of aliphatic hydroxyl groups excluding tert-OH is 1. The summed E-state index contributed by atoms with van der Waals surface area (Å²) in [6, 6.07) is 6.50. The van der Waals surface area contributed by atoms with E-state index < -0.39 is 10.0 Å². The molecule has 1 unspecified atom stereocenters. The third-order valence-corrected chi connectivity index (χ3v) is 5.59. The smallest absolute Gasteiger partial charge is 0.243 e. The Balaban J connectivity index is 2.24. The summed E-state index contributed by atoms with van der Waals surface area (Å²) >= 11 is 0. The van der Waals surface area contributed by atoms with Crippen LogP contribution in [0, 0.1) is 0 Å². The van der Waals surface area contributed by atoms with Crippen molar-refractivity contribution in [1.82, 2.24) is 4.31 Å². The fourth-order valence-corrected chi connectivity index (χ4v) is 4.24. The fourth-order valence-electron chi connectivity index (χ4n) is 2.56. The van der Waals surface area contributed by atoms with Gasteiger partial charge in [0.25, 0.3) is 0 Å². The molecule has 1 atom stereocenters. The van der Waals surface area contributed by atoms with Crippen molar-refractivity contribution >= 4 is 15.7 Å². The Hall–Kier alpha value is -1.11. The Morgan fingerprint density at radius 1 is 1.30 bits per heavy atom. The number of sulfonamides is 1. The summed E-state index contributed by atoms with van der Waals surface area (Å²) in [4.78, 5) is 0.291. The molecule has 20 heavy (non-hydrogen) atoms. The van der Waals surface area contributed by atoms with Crippen molar-refractivity contribution in [2.75, 3.05) is 25.0 Å². The molecule has 2 N–H and O–H groups in total. The van der Waals surface area contributed by atoms with E-state index in [1.807, 2.05) is 6.92 Å². The molecule has 112 valence electrons. The molecule has 1 saturated heterocycles. The van der Waals surface area contributed by atoms with Gasteiger partial charge in [-0.15, -0.1) is 0 Å². The van der Waals surface area contributed by atoms with Crippen molar-refractivity contribution in [3.63, 3.8) is 0 Å². The van der Waals surface area contributed by atoms with Gasteiger partial charge >= 0.3 is 0 Å². The van der Waals surface area contributed by atoms with Gasteiger partial charge in [-0.1, -0.05) is 6.42 Å². The summed E-state index contributed by atoms with van der Waals surface area (Å²) in [5.41, 5.74) is 0.906. The summed E-state index contributed by atoms with van der Waals surface area (Å²) < 4.78 is 26.7. The number of benzene rings is 1. The maximum absolute atomic E-state index is 12.6. The highest BCUT2D eigenvalue weighted by molar-refractivity contribution is 7.89. The van der Waals surface area contributed by atoms with Gasteiger partial charge in [0.2, 0.25) is 10.0 Å². The van der Waals surface area contributed by atoms with E-state index in [9.17, 15) is 13.5 Å². The minimum Gasteiger partial charge on any atom is -0.395 e. The minimum atomic E-state index is -3.51. The van der Waals surface area contributed by atoms with Crippen LogP contribution in [0.15, 0.2) is 29.2 Å². The van der Waals surface area contributed by atoms with E-state index in [-0.39, 0.29) is 12.6 Å². The number of anilines is 1. The normalized spacial score (nSPS) is 20.8. The second kappa shape index (κ2) is 6.56. The number of hydrogen-bond donors (Lipinski definition) is 2. The van der Waals surface area contributed by atoms with Gasteiger partial charge in [0.1, 0.15) is 0 Å². The molecule has 2 rings (SSSR count). The van der Waals surface area contributed by atoms with E-state index in [0.717, 1.165) is 31.5 Å². The van der Waals surface area contributed by atoms with Gasteiger partial charge < -0.3 is 10.4 Å². The molecule has 0 saturated carbocycles. The monoisotopic (exact) mass is 298 g/mol. The first kappa shape index (κ1) is 15.3. The van der Waals surface area contributed by atoms with Crippen molar-refractivity contribution in [3.05, 3.63) is 24.3 Å². The zero-order valence-electron chi connectivity index (χ0n) is 11.7. The molecule has 1 aliphatic heterocycles. The molecule has 0 aliphatic carbocycles. The van der Waals surface area contributed by atoms with Gasteiger partial charge in [0, 0.05) is 24.8 Å². The summed E-state index contributed by atoms with van der Waals surface area (Å²) in [5, 5.41) is 12.5. The molecule has 1 aromatic rings. The van der Waals surface area contributed by atoms with Crippen LogP contribution < -0.4 is 5.32 Å². The van der Waals surface area contributed by atoms with Gasteiger partial charge in [0.15, 0.2) is 0 Å². The first-order chi connectivity index (χ1) is 9.59. The lowest BCUT2D eigenvalue weighted by atomic mass is 10.1. The predicted molar refractivity (Wildman–Crippen MR) is 79.2 cm³/mol. The van der Waals surface area contributed by atoms with E-state index >= 15 is 0 Å². The van der Waals surface area contributed by atoms with Gasteiger partial charge in [-0.2, -0.15) is 4.31 Å². The summed E-state index contributed by atoms with van der Waals surface area (Å²) in [7, 11) is -3.51. The molecule has 0 bridgehead atoms. The number of piperidine rings is 1. The van der Waals surface area contributed by atoms with Gasteiger partial charge in [0.05, 0.1) is 11.5 Å². The highest BCUT2D eigenvalue weighted by Gasteiger charge is 2.32. The van der Waals surface area contributed by atoms with Crippen LogP contribution >= 0.6 is 0 Å². The van der Waals surface area contributed by atoms with E-state index in [2.05, 4.69) is 5.32 Å². The molecule has 1 aromatic carbocycles. The van der Waals surface area contributed by atoms with Crippen molar-refractivity contribution < 1.29 is 13.5 Å². The second-order valence-electron chi connectivity index (χ2n) is 5.00. The molecule has 0 aromatic heterocycles. The zero-order chi connectivity index (χ0) is 14.6. The van der Waals surface area contributed by atoms with Gasteiger partial charge in [-0.25, -0.2) is 8.42 Å². The fraction of sp³-hybridized carbons (Fsp3) is 0.571. The number of rotatable bonds is 5. The Morgan fingerprint density at radius 2 is 2.00 bits per heavy atom. The molecule has 0 amide bonds. The maximum atomic E-state index is 12.6. The van der Waals surface area contributed by atoms with E-state index in [1.54, 1.807) is 24.3 Å². The number of nitrogens with one attached hydrogen (secondary N) is 1. The third-order valence-electron chi connectivity index (χ3n) is 3.63. The molecular formula is C14H22N2O3S. The van der Waals surface area contributed by atoms with E-state index in [4.69, 9.17) is 0 Å². The average molecular weight is 298 g/mol. The van der Waals surface area contributed by atoms with Crippen molar-refractivity contribution in [3.8, 4) is 0 Å². The molecule has 0 radical (unpaired) electrons. The molecule has 1 heterocycles. The first-order valence-electron chi connectivity index (χ1n) is 7.06. The zero-order valence-corrected chi connectivity index (χ0v) is 12.6. The van der Waals surface area contributed by atoms with Crippen LogP contribution in [0.5, 0.6) is 0 Å². The number of hydrogen-bond acceptors (Lipinski definition) is 4. The van der Waals surface area contributed by atoms with Crippen LogP contribution in [0.4, 0.5) is 5.69 Å². The van der Waals surface area contributed by atoms with Crippen molar-refractivity contribution in [1.29, 1.82) is 0 Å². The average Bonchev–Trinajstić information content (AvgIpc) is 2.48. The topological polar surface area (TPSA) is 69.6 Å². The van der Waals surface area contributed by atoms with Crippen LogP contribution in [0.2, 0.25) is 0 Å². The molecule has 6 heteroatoms. The Kier molecular flexibility index (Phi) is 5.01. The second-order valence-corrected chi connectivity index (χ2v) is 6.89. The lowest BCUT2D eigenvalue weighted by molar-refractivity contribution is 0.155. The van der Waals surface area contributed by atoms with Gasteiger partial charge in [-0.3, -0.25) is 0 Å². The quantitative estimate of drug-likeness (QED) is 0.867. The largest absolute Gasteiger partial charge is 0.395 e. The van der Waals surface area contributed by atoms with E-state index in [1.165, 1.54) is 4.31 Å². The first-order valence-corrected chi connectivity index (χ1v) is 8.50. The SMILES string of the molecule is CCNc1ccc(S(=O)(=O)N2CCCCC2CO)cc1. The highest BCUT2D eigenvalue weighted by Crippen LogP contribution is 2.25. The standard InChI is InChI=1S/C14H22N2O3S/c1-2-15-12-6-8-14(9-7-12)20(18,19)16-10-4-3-5-13(16)11-17/h6-9,13,15,17H,2-5,10-11H2,1H3. The van der Waals surface area contributed by atoms with Crippen LogP contribution in [0.25, 0.3) is 0 Å². The van der Waals surface area contributed by atoms with Crippen molar-refractivity contribution in [2.45, 2.75) is 37.1 Å². The lowest BCUT2D eigenvalue weighted by Crippen LogP contribution is -2.45. The summed E-state index contributed by atoms with van der Waals surface area (Å²) in [6.07, 6.45) is 2.55. The number of aliphatic hydroxyl groups is 1.